The van der Waals surface area contributed by atoms with Gasteiger partial charge in [0.05, 0.1) is 37.2 Å². The van der Waals surface area contributed by atoms with Crippen molar-refractivity contribution in [2.24, 2.45) is 5.92 Å². The minimum atomic E-state index is -0.345. The highest BCUT2D eigenvalue weighted by Gasteiger charge is 2.33. The number of hydrogen-bond donors (Lipinski definition) is 2. The van der Waals surface area contributed by atoms with E-state index in [0.29, 0.717) is 19.1 Å². The molecule has 0 aromatic carbocycles. The number of amides is 1. The van der Waals surface area contributed by atoms with Crippen molar-refractivity contribution in [3.8, 4) is 0 Å². The van der Waals surface area contributed by atoms with Gasteiger partial charge in [-0.05, 0) is 31.8 Å². The normalized spacial score (nSPS) is 27.2. The van der Waals surface area contributed by atoms with E-state index in [-0.39, 0.29) is 18.1 Å². The van der Waals surface area contributed by atoms with Gasteiger partial charge in [-0.15, -0.1) is 0 Å². The van der Waals surface area contributed by atoms with E-state index in [1.165, 1.54) is 6.92 Å². The zero-order valence-corrected chi connectivity index (χ0v) is 12.9. The number of carbonyl (C=O) groups is 1. The molecular weight excluding hydrogens is 284 g/mol. The summed E-state index contributed by atoms with van der Waals surface area (Å²) < 4.78 is 7.24. The summed E-state index contributed by atoms with van der Waals surface area (Å²) in [7, 11) is 0. The average Bonchev–Trinajstić information content (AvgIpc) is 3.08. The topological polar surface area (TPSA) is 79.6 Å². The second-order valence-electron chi connectivity index (χ2n) is 6.28. The molecule has 2 fully saturated rings. The maximum Gasteiger partial charge on any atom is 0.221 e. The number of carbonyl (C=O) groups excluding carboxylic acids is 1. The Balaban J connectivity index is 1.47. The molecule has 0 spiro atoms. The molecule has 3 heterocycles. The van der Waals surface area contributed by atoms with Gasteiger partial charge >= 0.3 is 0 Å². The van der Waals surface area contributed by atoms with Gasteiger partial charge in [-0.3, -0.25) is 14.4 Å². The molecule has 1 aromatic heterocycles. The predicted octanol–water partition coefficient (Wildman–Crippen LogP) is 0.313. The quantitative estimate of drug-likeness (QED) is 0.837. The molecule has 2 atom stereocenters. The third kappa shape index (κ3) is 3.66. The van der Waals surface area contributed by atoms with Crippen LogP contribution < -0.4 is 5.32 Å². The number of rotatable bonds is 4. The molecule has 122 valence electrons. The molecule has 1 aromatic rings. The highest BCUT2D eigenvalue weighted by atomic mass is 16.5. The van der Waals surface area contributed by atoms with Crippen LogP contribution in [0.25, 0.3) is 0 Å². The van der Waals surface area contributed by atoms with Crippen LogP contribution in [0, 0.1) is 5.92 Å². The lowest BCUT2D eigenvalue weighted by Gasteiger charge is -2.36. The van der Waals surface area contributed by atoms with E-state index in [1.807, 2.05) is 10.9 Å². The highest BCUT2D eigenvalue weighted by Crippen LogP contribution is 2.24. The average molecular weight is 308 g/mol. The highest BCUT2D eigenvalue weighted by molar-refractivity contribution is 5.88. The first-order valence-electron chi connectivity index (χ1n) is 7.91. The van der Waals surface area contributed by atoms with Crippen molar-refractivity contribution in [2.45, 2.75) is 38.5 Å². The van der Waals surface area contributed by atoms with Gasteiger partial charge in [0.15, 0.2) is 0 Å². The van der Waals surface area contributed by atoms with Crippen molar-refractivity contribution < 1.29 is 14.6 Å². The van der Waals surface area contributed by atoms with Gasteiger partial charge < -0.3 is 15.2 Å². The first-order chi connectivity index (χ1) is 10.6. The lowest BCUT2D eigenvalue weighted by atomic mass is 9.95. The zero-order valence-electron chi connectivity index (χ0n) is 12.9. The van der Waals surface area contributed by atoms with E-state index in [1.54, 1.807) is 6.20 Å². The zero-order chi connectivity index (χ0) is 15.5. The fraction of sp³-hybridized carbons (Fsp3) is 0.733. The first-order valence-corrected chi connectivity index (χ1v) is 7.91. The maximum absolute atomic E-state index is 11.0. The van der Waals surface area contributed by atoms with Crippen molar-refractivity contribution in [3.05, 3.63) is 12.4 Å². The number of piperidine rings is 1. The third-order valence-corrected chi connectivity index (χ3v) is 4.54. The Hall–Kier alpha value is -1.44. The first kappa shape index (κ1) is 15.5. The molecule has 2 aliphatic heterocycles. The second-order valence-corrected chi connectivity index (χ2v) is 6.28. The van der Waals surface area contributed by atoms with Crippen LogP contribution in [0.1, 0.15) is 19.8 Å². The molecule has 3 rings (SSSR count). The number of aliphatic hydroxyl groups excluding tert-OH is 1. The molecule has 22 heavy (non-hydrogen) atoms. The Morgan fingerprint density at radius 1 is 1.45 bits per heavy atom. The van der Waals surface area contributed by atoms with Crippen molar-refractivity contribution in [3.63, 3.8) is 0 Å². The van der Waals surface area contributed by atoms with Gasteiger partial charge in [0.1, 0.15) is 0 Å². The minimum absolute atomic E-state index is 0.0785. The smallest absolute Gasteiger partial charge is 0.221 e. The summed E-state index contributed by atoms with van der Waals surface area (Å²) >= 11 is 0. The summed E-state index contributed by atoms with van der Waals surface area (Å²) in [6, 6.07) is 0.164. The molecule has 0 bridgehead atoms. The summed E-state index contributed by atoms with van der Waals surface area (Å²) in [5, 5.41) is 16.9. The molecule has 1 amide bonds. The molecule has 2 N–H and O–H groups in total. The van der Waals surface area contributed by atoms with E-state index in [9.17, 15) is 9.90 Å². The van der Waals surface area contributed by atoms with E-state index in [0.717, 1.165) is 38.2 Å². The molecule has 2 aliphatic rings. The van der Waals surface area contributed by atoms with Crippen molar-refractivity contribution in [1.82, 2.24) is 14.7 Å². The Bertz CT molecular complexity index is 511. The van der Waals surface area contributed by atoms with Crippen LogP contribution in [0.3, 0.4) is 0 Å². The van der Waals surface area contributed by atoms with Crippen LogP contribution in [0.5, 0.6) is 0 Å². The van der Waals surface area contributed by atoms with Crippen molar-refractivity contribution >= 4 is 11.6 Å². The van der Waals surface area contributed by atoms with Gasteiger partial charge in [-0.2, -0.15) is 5.10 Å². The number of ether oxygens (including phenoxy) is 1. The predicted molar refractivity (Wildman–Crippen MR) is 81.4 cm³/mol. The molecule has 0 saturated carbocycles. The maximum atomic E-state index is 11.0. The van der Waals surface area contributed by atoms with Gasteiger partial charge in [-0.1, -0.05) is 0 Å². The molecule has 0 radical (unpaired) electrons. The molecule has 7 heteroatoms. The van der Waals surface area contributed by atoms with Crippen LogP contribution in [0.2, 0.25) is 0 Å². The second kappa shape index (κ2) is 6.76. The molecule has 7 nitrogen and oxygen atoms in total. The lowest BCUT2D eigenvalue weighted by molar-refractivity contribution is -0.114. The SMILES string of the molecule is CC(=O)Nc1cnn(CC2CCN([C@@H]3COC[C@H]3O)CC2)c1. The van der Waals surface area contributed by atoms with Crippen molar-refractivity contribution in [1.29, 1.82) is 0 Å². The number of likely N-dealkylation sites (tertiary alicyclic amines) is 1. The monoisotopic (exact) mass is 308 g/mol. The summed E-state index contributed by atoms with van der Waals surface area (Å²) in [5.74, 6) is 0.506. The molecule has 0 aliphatic carbocycles. The molecular formula is C15H24N4O3. The molecule has 0 unspecified atom stereocenters. The van der Waals surface area contributed by atoms with Gasteiger partial charge in [-0.25, -0.2) is 0 Å². The Morgan fingerprint density at radius 2 is 2.23 bits per heavy atom. The Labute approximate surface area is 130 Å². The summed E-state index contributed by atoms with van der Waals surface area (Å²) in [6.45, 7) is 5.46. The number of hydrogen-bond acceptors (Lipinski definition) is 5. The summed E-state index contributed by atoms with van der Waals surface area (Å²) in [6.07, 6.45) is 5.41. The van der Waals surface area contributed by atoms with Crippen LogP contribution in [-0.2, 0) is 16.1 Å². The Kier molecular flexibility index (Phi) is 4.75. The number of aromatic nitrogens is 2. The lowest BCUT2D eigenvalue weighted by Crippen LogP contribution is -2.47. The number of nitrogens with zero attached hydrogens (tertiary/aromatic N) is 3. The fourth-order valence-corrected chi connectivity index (χ4v) is 3.34. The van der Waals surface area contributed by atoms with Crippen LogP contribution in [0.15, 0.2) is 12.4 Å². The van der Waals surface area contributed by atoms with E-state index < -0.39 is 0 Å². The number of anilines is 1. The minimum Gasteiger partial charge on any atom is -0.389 e. The Morgan fingerprint density at radius 3 is 2.86 bits per heavy atom. The largest absolute Gasteiger partial charge is 0.389 e. The fourth-order valence-electron chi connectivity index (χ4n) is 3.34. The van der Waals surface area contributed by atoms with E-state index in [4.69, 9.17) is 4.74 Å². The third-order valence-electron chi connectivity index (χ3n) is 4.54. The van der Waals surface area contributed by atoms with E-state index >= 15 is 0 Å². The van der Waals surface area contributed by atoms with Crippen LogP contribution >= 0.6 is 0 Å². The van der Waals surface area contributed by atoms with E-state index in [2.05, 4.69) is 15.3 Å². The van der Waals surface area contributed by atoms with Crippen LogP contribution in [-0.4, -0.2) is 64.1 Å². The number of aliphatic hydroxyl groups is 1. The van der Waals surface area contributed by atoms with Gasteiger partial charge in [0.25, 0.3) is 0 Å². The number of nitrogens with one attached hydrogen (secondary N) is 1. The standard InChI is InChI=1S/C15H24N4O3/c1-11(20)17-13-6-16-19(8-13)7-12-2-4-18(5-3-12)14-9-22-10-15(14)21/h6,8,12,14-15,21H,2-5,7,9-10H2,1H3,(H,17,20)/t14-,15-/m1/s1. The van der Waals surface area contributed by atoms with Crippen molar-refractivity contribution in [2.75, 3.05) is 31.6 Å². The van der Waals surface area contributed by atoms with Crippen LogP contribution in [0.4, 0.5) is 5.69 Å². The van der Waals surface area contributed by atoms with Gasteiger partial charge in [0, 0.05) is 19.7 Å². The molecule has 2 saturated heterocycles. The summed E-state index contributed by atoms with van der Waals surface area (Å²) in [5.41, 5.74) is 0.746. The summed E-state index contributed by atoms with van der Waals surface area (Å²) in [4.78, 5) is 13.4. The van der Waals surface area contributed by atoms with Gasteiger partial charge in [0.2, 0.25) is 5.91 Å².